The van der Waals surface area contributed by atoms with Crippen molar-refractivity contribution in [2.75, 3.05) is 54.4 Å². The van der Waals surface area contributed by atoms with E-state index in [4.69, 9.17) is 5.73 Å². The van der Waals surface area contributed by atoms with Crippen LogP contribution in [0.15, 0.2) is 0 Å². The first-order chi connectivity index (χ1) is 9.28. The number of likely N-dealkylation sites (N-methyl/N-ethyl adjacent to an activating group) is 1. The largest absolute Gasteiger partial charge is 0.368 e. The van der Waals surface area contributed by atoms with E-state index in [1.165, 1.54) is 0 Å². The zero-order valence-electron chi connectivity index (χ0n) is 13.0. The molecule has 0 bridgehead atoms. The number of urea groups is 1. The second-order valence-electron chi connectivity index (χ2n) is 5.84. The van der Waals surface area contributed by atoms with Crippen molar-refractivity contribution in [1.29, 1.82) is 0 Å². The third kappa shape index (κ3) is 4.08. The van der Waals surface area contributed by atoms with Gasteiger partial charge in [0.25, 0.3) is 0 Å². The van der Waals surface area contributed by atoms with Crippen molar-refractivity contribution in [2.24, 2.45) is 5.73 Å². The Morgan fingerprint density at radius 3 is 2.15 bits per heavy atom. The van der Waals surface area contributed by atoms with Crippen molar-refractivity contribution in [3.05, 3.63) is 0 Å². The number of carbonyl (C=O) groups is 2. The highest BCUT2D eigenvalue weighted by Gasteiger charge is 2.40. The minimum Gasteiger partial charge on any atom is -0.368 e. The van der Waals surface area contributed by atoms with Crippen LogP contribution in [0.2, 0.25) is 0 Å². The van der Waals surface area contributed by atoms with Crippen LogP contribution in [0.5, 0.6) is 0 Å². The molecule has 0 unspecified atom stereocenters. The third-order valence-corrected chi connectivity index (χ3v) is 3.76. The predicted octanol–water partition coefficient (Wildman–Crippen LogP) is -0.861. The molecule has 1 aliphatic heterocycles. The van der Waals surface area contributed by atoms with Gasteiger partial charge >= 0.3 is 6.03 Å². The molecule has 1 fully saturated rings. The number of nitrogens with two attached hydrogens (primary N) is 1. The molecular formula is C13H27N5O2. The molecule has 0 atom stereocenters. The molecule has 1 aliphatic rings. The molecule has 0 aromatic carbocycles. The Balaban J connectivity index is 2.59. The highest BCUT2D eigenvalue weighted by atomic mass is 16.2. The maximum absolute atomic E-state index is 11.9. The fourth-order valence-electron chi connectivity index (χ4n) is 2.39. The van der Waals surface area contributed by atoms with Crippen molar-refractivity contribution >= 4 is 11.9 Å². The van der Waals surface area contributed by atoms with E-state index < -0.39 is 5.54 Å². The smallest absolute Gasteiger partial charge is 0.319 e. The number of piperidine rings is 1. The average Bonchev–Trinajstić information content (AvgIpc) is 2.37. The van der Waals surface area contributed by atoms with Crippen LogP contribution < -0.4 is 11.1 Å². The lowest BCUT2D eigenvalue weighted by molar-refractivity contribution is -0.126. The topological polar surface area (TPSA) is 81.9 Å². The summed E-state index contributed by atoms with van der Waals surface area (Å²) >= 11 is 0. The maximum atomic E-state index is 11.9. The number of nitrogens with one attached hydrogen (secondary N) is 1. The van der Waals surface area contributed by atoms with Gasteiger partial charge in [-0.15, -0.1) is 0 Å². The normalized spacial score (nSPS) is 18.1. The summed E-state index contributed by atoms with van der Waals surface area (Å²) in [7, 11) is 7.43. The van der Waals surface area contributed by atoms with Gasteiger partial charge in [-0.05, 0) is 26.9 Å². The molecular weight excluding hydrogens is 258 g/mol. The fraction of sp³-hybridized carbons (Fsp3) is 0.846. The molecule has 0 spiro atoms. The van der Waals surface area contributed by atoms with Crippen LogP contribution in [-0.4, -0.2) is 86.5 Å². The Kier molecular flexibility index (Phi) is 5.76. The summed E-state index contributed by atoms with van der Waals surface area (Å²) in [5.74, 6) is -0.326. The highest BCUT2D eigenvalue weighted by molar-refractivity contribution is 5.85. The van der Waals surface area contributed by atoms with Crippen LogP contribution in [0.3, 0.4) is 0 Å². The summed E-state index contributed by atoms with van der Waals surface area (Å²) in [5, 5.41) is 3.29. The van der Waals surface area contributed by atoms with Crippen molar-refractivity contribution in [3.8, 4) is 0 Å². The summed E-state index contributed by atoms with van der Waals surface area (Å²) in [6, 6.07) is -0.0173. The molecule has 0 aliphatic carbocycles. The van der Waals surface area contributed by atoms with E-state index >= 15 is 0 Å². The number of amides is 3. The van der Waals surface area contributed by atoms with E-state index in [1.54, 1.807) is 23.9 Å². The first-order valence-electron chi connectivity index (χ1n) is 6.94. The Hall–Kier alpha value is -1.34. The number of primary amides is 1. The van der Waals surface area contributed by atoms with Gasteiger partial charge in [0, 0.05) is 40.3 Å². The van der Waals surface area contributed by atoms with Crippen molar-refractivity contribution in [2.45, 2.75) is 18.4 Å². The van der Waals surface area contributed by atoms with Gasteiger partial charge in [0.05, 0.1) is 0 Å². The van der Waals surface area contributed by atoms with Crippen LogP contribution >= 0.6 is 0 Å². The van der Waals surface area contributed by atoms with E-state index in [0.717, 1.165) is 6.54 Å². The average molecular weight is 285 g/mol. The van der Waals surface area contributed by atoms with E-state index in [2.05, 4.69) is 5.32 Å². The van der Waals surface area contributed by atoms with E-state index in [9.17, 15) is 9.59 Å². The maximum Gasteiger partial charge on any atom is 0.319 e. The second-order valence-corrected chi connectivity index (χ2v) is 5.84. The minimum absolute atomic E-state index is 0.0173. The quantitative estimate of drug-likeness (QED) is 0.688. The van der Waals surface area contributed by atoms with Gasteiger partial charge in [-0.3, -0.25) is 4.79 Å². The van der Waals surface area contributed by atoms with Gasteiger partial charge in [-0.2, -0.15) is 0 Å². The number of carbonyl (C=O) groups excluding carboxylic acids is 2. The Morgan fingerprint density at radius 1 is 1.20 bits per heavy atom. The first-order valence-corrected chi connectivity index (χ1v) is 6.94. The molecule has 0 aromatic rings. The first kappa shape index (κ1) is 16.7. The lowest BCUT2D eigenvalue weighted by Gasteiger charge is -2.41. The molecule has 3 amide bonds. The summed E-state index contributed by atoms with van der Waals surface area (Å²) in [5.41, 5.74) is 4.89. The standard InChI is InChI=1S/C13H27N5O2/c1-16(2)10-7-15-13(11(14)19)5-8-18(9-6-13)12(20)17(3)4/h15H,5-10H2,1-4H3,(H2,14,19). The summed E-state index contributed by atoms with van der Waals surface area (Å²) in [6.45, 7) is 2.65. The third-order valence-electron chi connectivity index (χ3n) is 3.76. The lowest BCUT2D eigenvalue weighted by Crippen LogP contribution is -2.62. The second kappa shape index (κ2) is 6.90. The molecule has 0 radical (unpaired) electrons. The van der Waals surface area contributed by atoms with Crippen LogP contribution in [0.25, 0.3) is 0 Å². The SMILES string of the molecule is CN(C)CCNC1(C(N)=O)CCN(C(=O)N(C)C)CC1. The number of likely N-dealkylation sites (tertiary alicyclic amines) is 1. The summed E-state index contributed by atoms with van der Waals surface area (Å²) in [4.78, 5) is 29.0. The van der Waals surface area contributed by atoms with E-state index in [1.807, 2.05) is 19.0 Å². The lowest BCUT2D eigenvalue weighted by atomic mass is 9.86. The number of hydrogen-bond donors (Lipinski definition) is 2. The van der Waals surface area contributed by atoms with Crippen LogP contribution in [0, 0.1) is 0 Å². The number of hydrogen-bond acceptors (Lipinski definition) is 4. The molecule has 1 saturated heterocycles. The minimum atomic E-state index is -0.681. The molecule has 0 aromatic heterocycles. The zero-order valence-corrected chi connectivity index (χ0v) is 13.0. The van der Waals surface area contributed by atoms with Gasteiger partial charge < -0.3 is 25.8 Å². The Labute approximate surface area is 121 Å². The molecule has 7 nitrogen and oxygen atoms in total. The highest BCUT2D eigenvalue weighted by Crippen LogP contribution is 2.22. The van der Waals surface area contributed by atoms with Crippen molar-refractivity contribution < 1.29 is 9.59 Å². The molecule has 1 heterocycles. The van der Waals surface area contributed by atoms with E-state index in [0.29, 0.717) is 32.5 Å². The molecule has 1 rings (SSSR count). The van der Waals surface area contributed by atoms with Crippen LogP contribution in [-0.2, 0) is 4.79 Å². The molecule has 0 saturated carbocycles. The Morgan fingerprint density at radius 2 is 1.75 bits per heavy atom. The molecule has 3 N–H and O–H groups in total. The fourth-order valence-corrected chi connectivity index (χ4v) is 2.39. The zero-order chi connectivity index (χ0) is 15.3. The van der Waals surface area contributed by atoms with Gasteiger partial charge in [-0.25, -0.2) is 4.79 Å². The van der Waals surface area contributed by atoms with Crippen molar-refractivity contribution in [1.82, 2.24) is 20.0 Å². The Bertz CT molecular complexity index is 349. The van der Waals surface area contributed by atoms with Gasteiger partial charge in [0.15, 0.2) is 0 Å². The molecule has 116 valence electrons. The van der Waals surface area contributed by atoms with Crippen LogP contribution in [0.4, 0.5) is 4.79 Å². The molecule has 7 heteroatoms. The summed E-state index contributed by atoms with van der Waals surface area (Å²) < 4.78 is 0. The van der Waals surface area contributed by atoms with Crippen molar-refractivity contribution in [3.63, 3.8) is 0 Å². The summed E-state index contributed by atoms with van der Waals surface area (Å²) in [6.07, 6.45) is 1.13. The number of nitrogens with zero attached hydrogens (tertiary/aromatic N) is 3. The van der Waals surface area contributed by atoms with Gasteiger partial charge in [-0.1, -0.05) is 0 Å². The monoisotopic (exact) mass is 285 g/mol. The van der Waals surface area contributed by atoms with Gasteiger partial charge in [0.1, 0.15) is 5.54 Å². The number of rotatable bonds is 5. The predicted molar refractivity (Wildman–Crippen MR) is 78.4 cm³/mol. The van der Waals surface area contributed by atoms with Gasteiger partial charge in [0.2, 0.25) is 5.91 Å². The van der Waals surface area contributed by atoms with E-state index in [-0.39, 0.29) is 11.9 Å². The molecule has 20 heavy (non-hydrogen) atoms. The van der Waals surface area contributed by atoms with Crippen LogP contribution in [0.1, 0.15) is 12.8 Å².